The molecule has 1 N–H and O–H groups in total. The molecule has 0 aromatic carbocycles. The van der Waals surface area contributed by atoms with Gasteiger partial charge in [-0.15, -0.1) is 0 Å². The zero-order valence-electron chi connectivity index (χ0n) is 17.6. The van der Waals surface area contributed by atoms with Crippen molar-refractivity contribution in [2.24, 2.45) is 10.8 Å². The van der Waals surface area contributed by atoms with Gasteiger partial charge in [-0.2, -0.15) is 4.57 Å². The number of nitro groups is 1. The number of carbonyl (C=O) groups excluding carboxylic acids is 2. The molecule has 0 amide bonds. The van der Waals surface area contributed by atoms with Crippen LogP contribution >= 0.6 is 0 Å². The van der Waals surface area contributed by atoms with Crippen LogP contribution in [0.5, 0.6) is 0 Å². The van der Waals surface area contributed by atoms with Gasteiger partial charge in [0.1, 0.15) is 12.4 Å². The van der Waals surface area contributed by atoms with E-state index in [0.29, 0.717) is 0 Å². The van der Waals surface area contributed by atoms with Crippen molar-refractivity contribution < 1.29 is 38.2 Å². The highest BCUT2D eigenvalue weighted by atomic mass is 19.1. The molecule has 2 unspecified atom stereocenters. The van der Waals surface area contributed by atoms with Gasteiger partial charge in [0.15, 0.2) is 12.2 Å². The van der Waals surface area contributed by atoms with Crippen LogP contribution in [0.4, 0.5) is 10.3 Å². The van der Waals surface area contributed by atoms with Crippen molar-refractivity contribution in [2.45, 2.75) is 72.4 Å². The Morgan fingerprint density at radius 2 is 1.70 bits per heavy atom. The topological polar surface area (TPSA) is 143 Å². The van der Waals surface area contributed by atoms with Crippen LogP contribution in [0.2, 0.25) is 0 Å². The number of imidazole rings is 1. The number of aliphatic hydroxyl groups is 1. The number of esters is 2. The molecule has 1 fully saturated rings. The quantitative estimate of drug-likeness (QED) is 0.420. The molecule has 30 heavy (non-hydrogen) atoms. The van der Waals surface area contributed by atoms with Crippen molar-refractivity contribution >= 4 is 17.9 Å². The number of aromatic nitrogens is 2. The third-order valence-corrected chi connectivity index (χ3v) is 4.29. The van der Waals surface area contributed by atoms with E-state index in [1.807, 2.05) is 0 Å². The van der Waals surface area contributed by atoms with Crippen LogP contribution in [0, 0.1) is 20.9 Å². The minimum absolute atomic E-state index is 0.660. The van der Waals surface area contributed by atoms with Gasteiger partial charge in [0.2, 0.25) is 18.7 Å². The summed E-state index contributed by atoms with van der Waals surface area (Å²) < 4.78 is 31.2. The third kappa shape index (κ3) is 4.93. The van der Waals surface area contributed by atoms with Gasteiger partial charge in [-0.1, -0.05) is 4.98 Å². The number of ether oxygens (including phenoxy) is 3. The average Bonchev–Trinajstić information content (AvgIpc) is 3.18. The van der Waals surface area contributed by atoms with Crippen LogP contribution < -0.4 is 0 Å². The standard InChI is InChI=1S/C18H26FN3O8/c1-17(2,3)14(24)29-9-10(12(19)23)28-13(11(9)30-15(25)18(4,5)6)21-8-7-20-16(21)22(26)27/h7-13,23H,1-6H3/t9-,10+,11+,12?,13?/m1/s1. The van der Waals surface area contributed by atoms with Crippen molar-refractivity contribution in [3.05, 3.63) is 22.5 Å². The molecular weight excluding hydrogens is 405 g/mol. The molecule has 12 heteroatoms. The largest absolute Gasteiger partial charge is 0.455 e. The predicted octanol–water partition coefficient (Wildman–Crippen LogP) is 1.89. The molecule has 1 aliphatic heterocycles. The maximum Gasteiger partial charge on any atom is 0.436 e. The Bertz CT molecular complexity index is 811. The summed E-state index contributed by atoms with van der Waals surface area (Å²) in [6.07, 6.45) is -6.59. The molecule has 0 radical (unpaired) electrons. The maximum atomic E-state index is 14.0. The van der Waals surface area contributed by atoms with Gasteiger partial charge in [0, 0.05) is 0 Å². The minimum Gasteiger partial charge on any atom is -0.455 e. The molecule has 1 aliphatic rings. The molecule has 1 aromatic heterocycles. The van der Waals surface area contributed by atoms with Gasteiger partial charge >= 0.3 is 17.9 Å². The van der Waals surface area contributed by atoms with Crippen LogP contribution in [0.25, 0.3) is 0 Å². The van der Waals surface area contributed by atoms with E-state index in [-0.39, 0.29) is 0 Å². The molecule has 0 saturated carbocycles. The van der Waals surface area contributed by atoms with E-state index in [1.165, 1.54) is 6.20 Å². The zero-order valence-corrected chi connectivity index (χ0v) is 17.6. The summed E-state index contributed by atoms with van der Waals surface area (Å²) in [6, 6.07) is 0. The molecule has 1 aromatic rings. The second-order valence-corrected chi connectivity index (χ2v) is 9.00. The second-order valence-electron chi connectivity index (χ2n) is 9.00. The zero-order chi connectivity index (χ0) is 23.0. The van der Waals surface area contributed by atoms with Crippen molar-refractivity contribution in [3.8, 4) is 0 Å². The normalized spacial score (nSPS) is 25.6. The van der Waals surface area contributed by atoms with Gasteiger partial charge in [-0.05, 0) is 46.5 Å². The van der Waals surface area contributed by atoms with Gasteiger partial charge in [-0.3, -0.25) is 9.59 Å². The summed E-state index contributed by atoms with van der Waals surface area (Å²) in [5.41, 5.74) is -1.99. The third-order valence-electron chi connectivity index (χ3n) is 4.29. The number of hydrogen-bond acceptors (Lipinski definition) is 9. The van der Waals surface area contributed by atoms with Gasteiger partial charge in [-0.25, -0.2) is 4.39 Å². The van der Waals surface area contributed by atoms with E-state index in [4.69, 9.17) is 14.2 Å². The summed E-state index contributed by atoms with van der Waals surface area (Å²) in [5, 5.41) is 20.8. The maximum absolute atomic E-state index is 14.0. The molecule has 0 aliphatic carbocycles. The molecule has 0 bridgehead atoms. The van der Waals surface area contributed by atoms with Crippen molar-refractivity contribution in [1.82, 2.24) is 9.55 Å². The van der Waals surface area contributed by atoms with Crippen LogP contribution in [0.3, 0.4) is 0 Å². The van der Waals surface area contributed by atoms with Crippen LogP contribution in [-0.4, -0.2) is 56.2 Å². The number of halogens is 1. The minimum atomic E-state index is -2.62. The van der Waals surface area contributed by atoms with E-state index in [0.717, 1.165) is 10.8 Å². The van der Waals surface area contributed by atoms with Crippen LogP contribution in [0.15, 0.2) is 12.4 Å². The highest BCUT2D eigenvalue weighted by Gasteiger charge is 2.56. The van der Waals surface area contributed by atoms with Crippen molar-refractivity contribution in [1.29, 1.82) is 0 Å². The Morgan fingerprint density at radius 1 is 1.20 bits per heavy atom. The lowest BCUT2D eigenvalue weighted by molar-refractivity contribution is -0.398. The first kappa shape index (κ1) is 23.7. The first-order valence-electron chi connectivity index (χ1n) is 9.21. The van der Waals surface area contributed by atoms with E-state index in [9.17, 15) is 29.2 Å². The number of alkyl halides is 1. The van der Waals surface area contributed by atoms with E-state index in [2.05, 4.69) is 4.98 Å². The summed E-state index contributed by atoms with van der Waals surface area (Å²) in [6.45, 7) is 9.37. The Kier molecular flexibility index (Phi) is 6.52. The SMILES string of the molecule is CC(C)(C)C(=O)O[C@@H]1[C@@H](C(O)F)OC(n2ccnc2[N+](=O)[O-])[C@H]1OC(=O)C(C)(C)C. The summed E-state index contributed by atoms with van der Waals surface area (Å²) in [4.78, 5) is 39.0. The Balaban J connectivity index is 2.51. The molecule has 0 spiro atoms. The van der Waals surface area contributed by atoms with E-state index < -0.39 is 64.5 Å². The number of rotatable bonds is 5. The van der Waals surface area contributed by atoms with Crippen molar-refractivity contribution in [3.63, 3.8) is 0 Å². The highest BCUT2D eigenvalue weighted by Crippen LogP contribution is 2.39. The molecule has 11 nitrogen and oxygen atoms in total. The number of nitrogens with zero attached hydrogens (tertiary/aromatic N) is 3. The van der Waals surface area contributed by atoms with Gasteiger partial charge in [0.25, 0.3) is 0 Å². The van der Waals surface area contributed by atoms with Gasteiger partial charge < -0.3 is 29.4 Å². The Morgan fingerprint density at radius 3 is 2.13 bits per heavy atom. The summed E-state index contributed by atoms with van der Waals surface area (Å²) in [7, 11) is 0. The summed E-state index contributed by atoms with van der Waals surface area (Å²) >= 11 is 0. The van der Waals surface area contributed by atoms with Crippen LogP contribution in [0.1, 0.15) is 47.8 Å². The smallest absolute Gasteiger partial charge is 0.436 e. The van der Waals surface area contributed by atoms with E-state index in [1.54, 1.807) is 41.5 Å². The fourth-order valence-electron chi connectivity index (χ4n) is 2.62. The monoisotopic (exact) mass is 431 g/mol. The number of hydrogen-bond donors (Lipinski definition) is 1. The Labute approximate surface area is 172 Å². The molecule has 2 heterocycles. The number of carbonyl (C=O) groups is 2. The fraction of sp³-hybridized carbons (Fsp3) is 0.722. The van der Waals surface area contributed by atoms with Gasteiger partial charge in [0.05, 0.1) is 10.8 Å². The lowest BCUT2D eigenvalue weighted by Crippen LogP contribution is -2.45. The molecule has 5 atom stereocenters. The highest BCUT2D eigenvalue weighted by molar-refractivity contribution is 5.76. The fourth-order valence-corrected chi connectivity index (χ4v) is 2.62. The molecule has 1 saturated heterocycles. The number of aliphatic hydroxyl groups excluding tert-OH is 1. The lowest BCUT2D eigenvalue weighted by atomic mass is 9.96. The van der Waals surface area contributed by atoms with E-state index >= 15 is 0 Å². The first-order chi connectivity index (χ1) is 13.6. The Hall–Kier alpha value is -2.60. The van der Waals surface area contributed by atoms with Crippen LogP contribution in [-0.2, 0) is 23.8 Å². The summed E-state index contributed by atoms with van der Waals surface area (Å²) in [5.74, 6) is -2.17. The molecular formula is C18H26FN3O8. The average molecular weight is 431 g/mol. The van der Waals surface area contributed by atoms with Crippen molar-refractivity contribution in [2.75, 3.05) is 0 Å². The predicted molar refractivity (Wildman–Crippen MR) is 98.6 cm³/mol. The lowest BCUT2D eigenvalue weighted by Gasteiger charge is -2.28. The molecule has 168 valence electrons. The molecule has 2 rings (SSSR count). The first-order valence-corrected chi connectivity index (χ1v) is 9.21. The second kappa shape index (κ2) is 8.26.